The molecule has 8 heteroatoms. The van der Waals surface area contributed by atoms with Crippen LogP contribution in [0, 0.1) is 6.92 Å². The van der Waals surface area contributed by atoms with E-state index >= 15 is 0 Å². The van der Waals surface area contributed by atoms with Gasteiger partial charge in [0.15, 0.2) is 0 Å². The van der Waals surface area contributed by atoms with Crippen molar-refractivity contribution in [3.63, 3.8) is 0 Å². The number of β-amino-alcohol motifs (C(OH)–C–C–N with tert-alkyl or cyclic N) is 1. The molecule has 1 fully saturated rings. The van der Waals surface area contributed by atoms with Crippen molar-refractivity contribution in [2.75, 3.05) is 38.5 Å². The summed E-state index contributed by atoms with van der Waals surface area (Å²) in [5, 5.41) is 17.4. The molecule has 29 heavy (non-hydrogen) atoms. The van der Waals surface area contributed by atoms with Gasteiger partial charge in [-0.05, 0) is 32.0 Å². The summed E-state index contributed by atoms with van der Waals surface area (Å²) in [6.07, 6.45) is 0.667. The number of likely N-dealkylation sites (tertiary alicyclic amines) is 1. The first-order valence-electron chi connectivity index (χ1n) is 9.67. The molecule has 1 aliphatic heterocycles. The van der Waals surface area contributed by atoms with E-state index in [2.05, 4.69) is 43.7 Å². The van der Waals surface area contributed by atoms with Crippen molar-refractivity contribution in [2.45, 2.75) is 18.9 Å². The van der Waals surface area contributed by atoms with Gasteiger partial charge in [-0.1, -0.05) is 30.3 Å². The summed E-state index contributed by atoms with van der Waals surface area (Å²) in [4.78, 5) is 25.4. The van der Waals surface area contributed by atoms with E-state index < -0.39 is 5.60 Å². The number of aromatic nitrogens is 2. The summed E-state index contributed by atoms with van der Waals surface area (Å²) in [6.45, 7) is 3.60. The second-order valence-corrected chi connectivity index (χ2v) is 8.69. The van der Waals surface area contributed by atoms with E-state index in [9.17, 15) is 9.90 Å². The third kappa shape index (κ3) is 4.55. The van der Waals surface area contributed by atoms with Crippen LogP contribution in [0.15, 0.2) is 36.4 Å². The van der Waals surface area contributed by atoms with E-state index in [1.165, 1.54) is 0 Å². The molecule has 0 saturated carbocycles. The Labute approximate surface area is 173 Å². The Hall–Kier alpha value is -2.55. The number of hydrogen-bond acceptors (Lipinski definition) is 7. The number of likely N-dealkylation sites (N-methyl/N-ethyl adjacent to an activating group) is 1. The maximum atomic E-state index is 12.3. The van der Waals surface area contributed by atoms with Crippen molar-refractivity contribution in [3.05, 3.63) is 42.2 Å². The lowest BCUT2D eigenvalue weighted by molar-refractivity contribution is -0.120. The van der Waals surface area contributed by atoms with E-state index in [4.69, 9.17) is 0 Å². The Morgan fingerprint density at radius 3 is 2.83 bits per heavy atom. The van der Waals surface area contributed by atoms with Gasteiger partial charge in [-0.2, -0.15) is 0 Å². The van der Waals surface area contributed by atoms with E-state index in [1.807, 2.05) is 32.2 Å². The number of carbonyl (C=O) groups is 1. The topological polar surface area (TPSA) is 90.4 Å². The summed E-state index contributed by atoms with van der Waals surface area (Å²) in [7, 11) is 1.97. The van der Waals surface area contributed by atoms with Crippen LogP contribution in [-0.4, -0.2) is 64.7 Å². The normalized spacial score (nSPS) is 19.6. The molecule has 4 rings (SSSR count). The van der Waals surface area contributed by atoms with Gasteiger partial charge in [0, 0.05) is 24.5 Å². The molecule has 1 aliphatic rings. The van der Waals surface area contributed by atoms with Crippen LogP contribution in [0.1, 0.15) is 12.2 Å². The van der Waals surface area contributed by atoms with Crippen LogP contribution in [0.4, 0.5) is 5.82 Å². The third-order valence-electron chi connectivity index (χ3n) is 5.12. The third-order valence-corrected chi connectivity index (χ3v) is 6.19. The van der Waals surface area contributed by atoms with Crippen molar-refractivity contribution in [1.29, 1.82) is 0 Å². The Kier molecular flexibility index (Phi) is 5.49. The number of aliphatic hydroxyl groups is 1. The van der Waals surface area contributed by atoms with Crippen LogP contribution in [0.3, 0.4) is 0 Å². The maximum Gasteiger partial charge on any atom is 0.239 e. The lowest BCUT2D eigenvalue weighted by atomic mass is 10.0. The van der Waals surface area contributed by atoms with Gasteiger partial charge < -0.3 is 20.6 Å². The fraction of sp³-hybridized carbons (Fsp3) is 0.381. The number of aryl methyl sites for hydroxylation is 1. The average Bonchev–Trinajstić information content (AvgIpc) is 3.28. The van der Waals surface area contributed by atoms with Gasteiger partial charge in [0.25, 0.3) is 0 Å². The molecule has 0 spiro atoms. The summed E-state index contributed by atoms with van der Waals surface area (Å²) in [5.41, 5.74) is 0.285. The first-order valence-corrected chi connectivity index (χ1v) is 10.5. The number of thiophene rings is 1. The minimum absolute atomic E-state index is 0.0913. The van der Waals surface area contributed by atoms with Crippen LogP contribution >= 0.6 is 11.3 Å². The van der Waals surface area contributed by atoms with Crippen molar-refractivity contribution in [1.82, 2.24) is 20.2 Å². The largest absolute Gasteiger partial charge is 0.387 e. The lowest BCUT2D eigenvalue weighted by Gasteiger charge is -2.22. The molecular weight excluding hydrogens is 386 g/mol. The molecule has 7 nitrogen and oxygen atoms in total. The van der Waals surface area contributed by atoms with E-state index in [0.29, 0.717) is 24.6 Å². The van der Waals surface area contributed by atoms with Crippen molar-refractivity contribution < 1.29 is 9.90 Å². The zero-order chi connectivity index (χ0) is 20.4. The van der Waals surface area contributed by atoms with Crippen molar-refractivity contribution in [2.24, 2.45) is 0 Å². The number of hydrogen-bond donors (Lipinski definition) is 3. The zero-order valence-corrected chi connectivity index (χ0v) is 17.4. The smallest absolute Gasteiger partial charge is 0.239 e. The van der Waals surface area contributed by atoms with Crippen molar-refractivity contribution >= 4 is 33.3 Å². The van der Waals surface area contributed by atoms with Crippen LogP contribution in [0.5, 0.6) is 0 Å². The van der Waals surface area contributed by atoms with E-state index in [0.717, 1.165) is 27.2 Å². The quantitative estimate of drug-likeness (QED) is 0.577. The van der Waals surface area contributed by atoms with Crippen LogP contribution in [0.25, 0.3) is 20.7 Å². The fourth-order valence-corrected chi connectivity index (χ4v) is 4.68. The molecule has 1 unspecified atom stereocenters. The second-order valence-electron chi connectivity index (χ2n) is 7.66. The minimum atomic E-state index is -0.846. The molecule has 0 aliphatic carbocycles. The summed E-state index contributed by atoms with van der Waals surface area (Å²) in [6, 6.07) is 12.2. The molecule has 3 aromatic rings. The number of nitrogens with zero attached hydrogens (tertiary/aromatic N) is 3. The predicted molar refractivity (Wildman–Crippen MR) is 116 cm³/mol. The highest BCUT2D eigenvalue weighted by molar-refractivity contribution is 7.21. The zero-order valence-electron chi connectivity index (χ0n) is 16.6. The molecule has 1 aromatic carbocycles. The van der Waals surface area contributed by atoms with Gasteiger partial charge in [-0.15, -0.1) is 11.3 Å². The Bertz CT molecular complexity index is 1020. The van der Waals surface area contributed by atoms with E-state index in [1.54, 1.807) is 11.3 Å². The molecule has 1 amide bonds. The first-order chi connectivity index (χ1) is 13.9. The molecule has 1 saturated heterocycles. The highest BCUT2D eigenvalue weighted by Crippen LogP contribution is 2.35. The SMILES string of the molecule is Cc1nc(NCC(=O)NCC2(O)CCN(C)C2)c2cc(-c3ccccc3)sc2n1. The Morgan fingerprint density at radius 1 is 1.31 bits per heavy atom. The number of fused-ring (bicyclic) bond motifs is 1. The highest BCUT2D eigenvalue weighted by Gasteiger charge is 2.34. The van der Waals surface area contributed by atoms with Crippen LogP contribution in [-0.2, 0) is 4.79 Å². The summed E-state index contributed by atoms with van der Waals surface area (Å²) >= 11 is 1.61. The first kappa shape index (κ1) is 19.8. The molecule has 1 atom stereocenters. The molecule has 2 aromatic heterocycles. The molecule has 152 valence electrons. The van der Waals surface area contributed by atoms with Gasteiger partial charge in [0.1, 0.15) is 16.5 Å². The number of anilines is 1. The number of amides is 1. The molecule has 0 bridgehead atoms. The fourth-order valence-electron chi connectivity index (χ4n) is 3.60. The molecular formula is C21H25N5O2S. The summed E-state index contributed by atoms with van der Waals surface area (Å²) < 4.78 is 0. The van der Waals surface area contributed by atoms with Gasteiger partial charge in [0.05, 0.1) is 17.5 Å². The van der Waals surface area contributed by atoms with Crippen LogP contribution < -0.4 is 10.6 Å². The monoisotopic (exact) mass is 411 g/mol. The minimum Gasteiger partial charge on any atom is -0.387 e. The van der Waals surface area contributed by atoms with Gasteiger partial charge in [0.2, 0.25) is 5.91 Å². The Balaban J connectivity index is 1.45. The van der Waals surface area contributed by atoms with Crippen LogP contribution in [0.2, 0.25) is 0 Å². The van der Waals surface area contributed by atoms with Gasteiger partial charge in [-0.25, -0.2) is 9.97 Å². The number of nitrogens with one attached hydrogen (secondary N) is 2. The Morgan fingerprint density at radius 2 is 2.10 bits per heavy atom. The predicted octanol–water partition coefficient (Wildman–Crippen LogP) is 2.26. The maximum absolute atomic E-state index is 12.3. The van der Waals surface area contributed by atoms with Crippen molar-refractivity contribution in [3.8, 4) is 10.4 Å². The van der Waals surface area contributed by atoms with Gasteiger partial charge in [-0.3, -0.25) is 4.79 Å². The molecule has 0 radical (unpaired) electrons. The van der Waals surface area contributed by atoms with E-state index in [-0.39, 0.29) is 19.0 Å². The second kappa shape index (κ2) is 8.06. The summed E-state index contributed by atoms with van der Waals surface area (Å²) in [5.74, 6) is 1.14. The molecule has 3 heterocycles. The highest BCUT2D eigenvalue weighted by atomic mass is 32.1. The standard InChI is InChI=1S/C21H25N5O2S/c1-14-24-19(22-11-18(27)23-12-21(28)8-9-26(2)13-21)16-10-17(29-20(16)25-14)15-6-4-3-5-7-15/h3-7,10,28H,8-9,11-13H2,1-2H3,(H,23,27)(H,22,24,25). The van der Waals surface area contributed by atoms with Gasteiger partial charge >= 0.3 is 0 Å². The molecule has 3 N–H and O–H groups in total. The number of rotatable bonds is 6. The lowest BCUT2D eigenvalue weighted by Crippen LogP contribution is -2.45. The number of carbonyl (C=O) groups excluding carboxylic acids is 1. The average molecular weight is 412 g/mol. The number of benzene rings is 1.